The predicted molar refractivity (Wildman–Crippen MR) is 112 cm³/mol. The number of nitrogens with one attached hydrogen (secondary N) is 1. The Morgan fingerprint density at radius 3 is 2.55 bits per heavy atom. The second kappa shape index (κ2) is 9.28. The van der Waals surface area contributed by atoms with Gasteiger partial charge in [0.05, 0.1) is 19.1 Å². The van der Waals surface area contributed by atoms with E-state index in [9.17, 15) is 14.9 Å². The summed E-state index contributed by atoms with van der Waals surface area (Å²) in [6.07, 6.45) is 2.24. The van der Waals surface area contributed by atoms with Crippen LogP contribution in [0, 0.1) is 24.0 Å². The molecule has 0 aliphatic heterocycles. The molecule has 2 heterocycles. The smallest absolute Gasteiger partial charge is 0.312 e. The van der Waals surface area contributed by atoms with Crippen LogP contribution in [0.15, 0.2) is 30.5 Å². The molecule has 164 valence electrons. The van der Waals surface area contributed by atoms with Gasteiger partial charge in [-0.1, -0.05) is 6.07 Å². The summed E-state index contributed by atoms with van der Waals surface area (Å²) >= 11 is 0. The molecule has 1 amide bonds. The van der Waals surface area contributed by atoms with E-state index in [4.69, 9.17) is 9.47 Å². The van der Waals surface area contributed by atoms with E-state index in [1.165, 1.54) is 9.36 Å². The van der Waals surface area contributed by atoms with Crippen LogP contribution in [0.25, 0.3) is 0 Å². The molecule has 0 radical (unpaired) electrons. The van der Waals surface area contributed by atoms with Gasteiger partial charge >= 0.3 is 5.69 Å². The van der Waals surface area contributed by atoms with Crippen LogP contribution in [0.4, 0.5) is 5.69 Å². The number of ether oxygens (including phenoxy) is 2. The second-order valence-corrected chi connectivity index (χ2v) is 6.85. The third kappa shape index (κ3) is 4.82. The van der Waals surface area contributed by atoms with Gasteiger partial charge < -0.3 is 14.8 Å². The van der Waals surface area contributed by atoms with E-state index in [2.05, 4.69) is 15.5 Å². The number of aryl methyl sites for hydroxylation is 1. The van der Waals surface area contributed by atoms with Crippen LogP contribution >= 0.6 is 0 Å². The van der Waals surface area contributed by atoms with Gasteiger partial charge in [0, 0.05) is 12.7 Å². The number of hydrogen-bond acceptors (Lipinski definition) is 7. The van der Waals surface area contributed by atoms with Crippen LogP contribution in [0.3, 0.4) is 0 Å². The lowest BCUT2D eigenvalue weighted by Gasteiger charge is -2.10. The number of aromatic nitrogens is 4. The Labute approximate surface area is 178 Å². The Morgan fingerprint density at radius 2 is 1.90 bits per heavy atom. The fourth-order valence-corrected chi connectivity index (χ4v) is 3.24. The SMILES string of the molecule is COc1ccc(CCNC(=O)c2ccn(Cn3nc(C)c([N+](=O)[O-])c3C)n2)cc1OC. The molecule has 0 aliphatic carbocycles. The number of carbonyl (C=O) groups excluding carboxylic acids is 1. The van der Waals surface area contributed by atoms with Crippen molar-refractivity contribution in [2.24, 2.45) is 0 Å². The summed E-state index contributed by atoms with van der Waals surface area (Å²) in [6.45, 7) is 3.80. The van der Waals surface area contributed by atoms with Crippen LogP contribution in [0.2, 0.25) is 0 Å². The van der Waals surface area contributed by atoms with Crippen molar-refractivity contribution in [3.8, 4) is 11.5 Å². The topological polar surface area (TPSA) is 126 Å². The molecular formula is C20H24N6O5. The standard InChI is InChI=1S/C20H24N6O5/c1-13-19(26(28)29)14(2)25(22-13)12-24-10-8-16(23-24)20(27)21-9-7-15-5-6-17(30-3)18(11-15)31-4/h5-6,8,10-11H,7,9,12H2,1-4H3,(H,21,27). The molecule has 1 aromatic carbocycles. The van der Waals surface area contributed by atoms with E-state index in [1.807, 2.05) is 18.2 Å². The molecule has 2 aromatic heterocycles. The van der Waals surface area contributed by atoms with E-state index < -0.39 is 4.92 Å². The molecule has 0 aliphatic rings. The minimum Gasteiger partial charge on any atom is -0.493 e. The number of carbonyl (C=O) groups is 1. The van der Waals surface area contributed by atoms with Crippen molar-refractivity contribution in [3.05, 3.63) is 63.2 Å². The maximum Gasteiger partial charge on any atom is 0.312 e. The van der Waals surface area contributed by atoms with E-state index in [0.717, 1.165) is 5.56 Å². The van der Waals surface area contributed by atoms with Crippen LogP contribution < -0.4 is 14.8 Å². The lowest BCUT2D eigenvalue weighted by atomic mass is 10.1. The van der Waals surface area contributed by atoms with Gasteiger partial charge in [0.25, 0.3) is 5.91 Å². The van der Waals surface area contributed by atoms with Gasteiger partial charge in [-0.25, -0.2) is 4.68 Å². The van der Waals surface area contributed by atoms with Crippen LogP contribution in [0.5, 0.6) is 11.5 Å². The highest BCUT2D eigenvalue weighted by Crippen LogP contribution is 2.27. The van der Waals surface area contributed by atoms with Crippen molar-refractivity contribution in [1.82, 2.24) is 24.9 Å². The molecule has 0 saturated carbocycles. The third-order valence-corrected chi connectivity index (χ3v) is 4.83. The van der Waals surface area contributed by atoms with Gasteiger partial charge in [-0.2, -0.15) is 10.2 Å². The summed E-state index contributed by atoms with van der Waals surface area (Å²) in [5, 5.41) is 22.4. The van der Waals surface area contributed by atoms with E-state index in [0.29, 0.717) is 35.9 Å². The van der Waals surface area contributed by atoms with E-state index >= 15 is 0 Å². The van der Waals surface area contributed by atoms with Crippen LogP contribution in [0.1, 0.15) is 27.4 Å². The molecule has 0 saturated heterocycles. The number of methoxy groups -OCH3 is 2. The second-order valence-electron chi connectivity index (χ2n) is 6.85. The van der Waals surface area contributed by atoms with Gasteiger partial charge in [-0.3, -0.25) is 19.6 Å². The molecule has 0 spiro atoms. The van der Waals surface area contributed by atoms with Crippen molar-refractivity contribution in [1.29, 1.82) is 0 Å². The fourth-order valence-electron chi connectivity index (χ4n) is 3.24. The summed E-state index contributed by atoms with van der Waals surface area (Å²) in [6, 6.07) is 7.19. The first-order chi connectivity index (χ1) is 14.8. The highest BCUT2D eigenvalue weighted by molar-refractivity contribution is 5.92. The quantitative estimate of drug-likeness (QED) is 0.408. The van der Waals surface area contributed by atoms with Crippen molar-refractivity contribution < 1.29 is 19.2 Å². The van der Waals surface area contributed by atoms with E-state index in [1.54, 1.807) is 40.3 Å². The number of amides is 1. The maximum absolute atomic E-state index is 12.4. The Hall–Kier alpha value is -3.89. The van der Waals surface area contributed by atoms with Crippen molar-refractivity contribution in [2.45, 2.75) is 26.9 Å². The van der Waals surface area contributed by atoms with Gasteiger partial charge in [0.2, 0.25) is 0 Å². The van der Waals surface area contributed by atoms with Crippen molar-refractivity contribution in [2.75, 3.05) is 20.8 Å². The van der Waals surface area contributed by atoms with E-state index in [-0.39, 0.29) is 24.0 Å². The molecule has 0 fully saturated rings. The summed E-state index contributed by atoms with van der Waals surface area (Å²) in [4.78, 5) is 23.1. The first-order valence-corrected chi connectivity index (χ1v) is 9.55. The highest BCUT2D eigenvalue weighted by atomic mass is 16.6. The zero-order valence-electron chi connectivity index (χ0n) is 17.8. The Balaban J connectivity index is 1.58. The zero-order chi connectivity index (χ0) is 22.5. The molecule has 31 heavy (non-hydrogen) atoms. The third-order valence-electron chi connectivity index (χ3n) is 4.83. The van der Waals surface area contributed by atoms with Crippen LogP contribution in [-0.4, -0.2) is 51.2 Å². The maximum atomic E-state index is 12.4. The molecule has 0 atom stereocenters. The Morgan fingerprint density at radius 1 is 1.16 bits per heavy atom. The summed E-state index contributed by atoms with van der Waals surface area (Å²) < 4.78 is 13.5. The number of rotatable bonds is 9. The molecule has 11 heteroatoms. The van der Waals surface area contributed by atoms with Gasteiger partial charge in [0.15, 0.2) is 11.5 Å². The molecule has 1 N–H and O–H groups in total. The summed E-state index contributed by atoms with van der Waals surface area (Å²) in [7, 11) is 3.15. The number of nitrogens with zero attached hydrogens (tertiary/aromatic N) is 5. The van der Waals surface area contributed by atoms with Gasteiger partial charge in [-0.05, 0) is 44.0 Å². The van der Waals surface area contributed by atoms with Gasteiger partial charge in [-0.15, -0.1) is 0 Å². The zero-order valence-corrected chi connectivity index (χ0v) is 17.8. The number of benzene rings is 1. The fraction of sp³-hybridized carbons (Fsp3) is 0.350. The van der Waals surface area contributed by atoms with Crippen molar-refractivity contribution >= 4 is 11.6 Å². The van der Waals surface area contributed by atoms with Gasteiger partial charge in [0.1, 0.15) is 23.8 Å². The lowest BCUT2D eigenvalue weighted by Crippen LogP contribution is -2.26. The molecular weight excluding hydrogens is 404 g/mol. The molecule has 11 nitrogen and oxygen atoms in total. The average Bonchev–Trinajstić information content (AvgIpc) is 3.32. The average molecular weight is 428 g/mol. The summed E-state index contributed by atoms with van der Waals surface area (Å²) in [5.41, 5.74) is 2.00. The molecule has 0 unspecified atom stereocenters. The number of hydrogen-bond donors (Lipinski definition) is 1. The largest absolute Gasteiger partial charge is 0.493 e. The molecule has 0 bridgehead atoms. The Kier molecular flexibility index (Phi) is 6.53. The minimum atomic E-state index is -0.450. The number of nitro groups is 1. The molecule has 3 aromatic rings. The monoisotopic (exact) mass is 428 g/mol. The molecule has 3 rings (SSSR count). The van der Waals surface area contributed by atoms with Crippen molar-refractivity contribution in [3.63, 3.8) is 0 Å². The predicted octanol–water partition coefficient (Wildman–Crippen LogP) is 2.10. The minimum absolute atomic E-state index is 0.0136. The first kappa shape index (κ1) is 21.8. The Bertz CT molecular complexity index is 1100. The normalized spacial score (nSPS) is 10.7. The lowest BCUT2D eigenvalue weighted by molar-refractivity contribution is -0.386. The highest BCUT2D eigenvalue weighted by Gasteiger charge is 2.22. The van der Waals surface area contributed by atoms with Crippen LogP contribution in [-0.2, 0) is 13.1 Å². The first-order valence-electron chi connectivity index (χ1n) is 9.55. The summed E-state index contributed by atoms with van der Waals surface area (Å²) in [5.74, 6) is 0.974.